The monoisotopic (exact) mass is 320 g/mol. The van der Waals surface area contributed by atoms with Crippen LogP contribution in [0.2, 0.25) is 0 Å². The van der Waals surface area contributed by atoms with Crippen LogP contribution in [-0.2, 0) is 6.42 Å². The molecule has 1 N–H and O–H groups in total. The molecule has 0 amide bonds. The Morgan fingerprint density at radius 1 is 1.50 bits per heavy atom. The number of ketones is 1. The van der Waals surface area contributed by atoms with Crippen molar-refractivity contribution in [3.05, 3.63) is 27.7 Å². The van der Waals surface area contributed by atoms with Gasteiger partial charge in [0.2, 0.25) is 0 Å². The first kappa shape index (κ1) is 11.7. The summed E-state index contributed by atoms with van der Waals surface area (Å²) in [7, 11) is 0. The van der Waals surface area contributed by atoms with Crippen LogP contribution in [0.25, 0.3) is 0 Å². The maximum Gasteiger partial charge on any atom is 0.177 e. The van der Waals surface area contributed by atoms with Crippen molar-refractivity contribution in [3.8, 4) is 5.75 Å². The number of carbonyl (C=O) groups is 1. The van der Waals surface area contributed by atoms with E-state index in [0.29, 0.717) is 10.0 Å². The normalized spacial score (nSPS) is 10.2. The molecule has 0 radical (unpaired) electrons. The van der Waals surface area contributed by atoms with Gasteiger partial charge >= 0.3 is 0 Å². The topological polar surface area (TPSA) is 37.3 Å². The molecule has 0 heterocycles. The van der Waals surface area contributed by atoms with Gasteiger partial charge in [0.05, 0.1) is 15.4 Å². The predicted molar refractivity (Wildman–Crippen MR) is 63.3 cm³/mol. The second-order valence-electron chi connectivity index (χ2n) is 2.88. The third kappa shape index (κ3) is 2.36. The summed E-state index contributed by atoms with van der Waals surface area (Å²) in [6, 6.07) is 3.55. The number of carbonyl (C=O) groups excluding carboxylic acids is 1. The number of rotatable bonds is 3. The molecule has 1 rings (SSSR count). The number of Topliss-reactive ketones (excluding diaryl/α,β-unsaturated/α-hetero) is 1. The van der Waals surface area contributed by atoms with Crippen LogP contribution in [0.4, 0.5) is 0 Å². The predicted octanol–water partition coefficient (Wildman–Crippen LogP) is 3.29. The number of halogens is 2. The zero-order valence-corrected chi connectivity index (χ0v) is 10.9. The third-order valence-electron chi connectivity index (χ3n) is 1.95. The Labute approximate surface area is 99.6 Å². The summed E-state index contributed by atoms with van der Waals surface area (Å²) in [4.78, 5) is 11.4. The summed E-state index contributed by atoms with van der Waals surface area (Å²) in [6.07, 6.45) is 0.835. The van der Waals surface area contributed by atoms with Crippen LogP contribution in [0.5, 0.6) is 5.75 Å². The molecule has 0 fully saturated rings. The minimum Gasteiger partial charge on any atom is -0.506 e. The summed E-state index contributed by atoms with van der Waals surface area (Å²) >= 11 is 6.30. The highest BCUT2D eigenvalue weighted by atomic mass is 79.9. The Kier molecular flexibility index (Phi) is 4.13. The summed E-state index contributed by atoms with van der Waals surface area (Å²) in [5.41, 5.74) is 1.40. The molecule has 0 aliphatic heterocycles. The quantitative estimate of drug-likeness (QED) is 0.685. The summed E-state index contributed by atoms with van der Waals surface area (Å²) in [6.45, 7) is 2.00. The van der Waals surface area contributed by atoms with E-state index in [9.17, 15) is 9.90 Å². The molecule has 0 saturated heterocycles. The zero-order valence-electron chi connectivity index (χ0n) is 7.68. The lowest BCUT2D eigenvalue weighted by molar-refractivity contribution is 0.102. The standard InChI is InChI=1S/C10H10Br2O2/c1-2-6-3-7(9(13)5-11)10(14)8(12)4-6/h3-4,14H,2,5H2,1H3. The Balaban J connectivity index is 3.27. The third-order valence-corrected chi connectivity index (χ3v) is 3.07. The molecule has 1 aromatic carbocycles. The summed E-state index contributed by atoms with van der Waals surface area (Å²) in [5, 5.41) is 9.85. The molecule has 0 atom stereocenters. The Morgan fingerprint density at radius 3 is 2.64 bits per heavy atom. The Hall–Kier alpha value is -0.350. The van der Waals surface area contributed by atoms with Crippen molar-refractivity contribution in [1.82, 2.24) is 0 Å². The lowest BCUT2D eigenvalue weighted by Gasteiger charge is -2.06. The van der Waals surface area contributed by atoms with Gasteiger partial charge in [-0.2, -0.15) is 0 Å². The van der Waals surface area contributed by atoms with Gasteiger partial charge in [0, 0.05) is 0 Å². The van der Waals surface area contributed by atoms with E-state index in [1.807, 2.05) is 13.0 Å². The van der Waals surface area contributed by atoms with Crippen molar-refractivity contribution in [2.75, 3.05) is 5.33 Å². The first-order chi connectivity index (χ1) is 6.60. The number of aromatic hydroxyl groups is 1. The van der Waals surface area contributed by atoms with Crippen LogP contribution in [0.15, 0.2) is 16.6 Å². The Morgan fingerprint density at radius 2 is 2.14 bits per heavy atom. The summed E-state index contributed by atoms with van der Waals surface area (Å²) < 4.78 is 0.571. The number of benzene rings is 1. The van der Waals surface area contributed by atoms with E-state index < -0.39 is 0 Å². The van der Waals surface area contributed by atoms with Gasteiger partial charge in [-0.25, -0.2) is 0 Å². The molecule has 0 aliphatic carbocycles. The molecule has 76 valence electrons. The largest absolute Gasteiger partial charge is 0.506 e. The molecule has 0 spiro atoms. The minimum atomic E-state index is -0.112. The highest BCUT2D eigenvalue weighted by molar-refractivity contribution is 9.10. The molecular weight excluding hydrogens is 312 g/mol. The minimum absolute atomic E-state index is 0.0200. The van der Waals surface area contributed by atoms with E-state index in [0.717, 1.165) is 12.0 Å². The summed E-state index contributed by atoms with van der Waals surface area (Å²) in [5.74, 6) is -0.0925. The van der Waals surface area contributed by atoms with E-state index in [1.54, 1.807) is 6.07 Å². The first-order valence-electron chi connectivity index (χ1n) is 4.20. The number of phenols is 1. The van der Waals surface area contributed by atoms with Crippen molar-refractivity contribution in [2.24, 2.45) is 0 Å². The lowest BCUT2D eigenvalue weighted by Crippen LogP contribution is -2.01. The highest BCUT2D eigenvalue weighted by Gasteiger charge is 2.13. The number of aryl methyl sites for hydroxylation is 1. The SMILES string of the molecule is CCc1cc(Br)c(O)c(C(=O)CBr)c1. The Bertz CT molecular complexity index is 361. The van der Waals surface area contributed by atoms with Crippen molar-refractivity contribution >= 4 is 37.6 Å². The fourth-order valence-electron chi connectivity index (χ4n) is 1.14. The number of hydrogen-bond donors (Lipinski definition) is 1. The highest BCUT2D eigenvalue weighted by Crippen LogP contribution is 2.30. The molecule has 2 nitrogen and oxygen atoms in total. The van der Waals surface area contributed by atoms with Gasteiger partial charge in [0.15, 0.2) is 5.78 Å². The van der Waals surface area contributed by atoms with Crippen molar-refractivity contribution < 1.29 is 9.90 Å². The van der Waals surface area contributed by atoms with Gasteiger partial charge in [-0.05, 0) is 40.0 Å². The fourth-order valence-corrected chi connectivity index (χ4v) is 1.95. The van der Waals surface area contributed by atoms with Gasteiger partial charge in [-0.1, -0.05) is 22.9 Å². The fraction of sp³-hybridized carbons (Fsp3) is 0.300. The smallest absolute Gasteiger partial charge is 0.177 e. The number of hydrogen-bond acceptors (Lipinski definition) is 2. The van der Waals surface area contributed by atoms with Gasteiger partial charge in [-0.3, -0.25) is 4.79 Å². The van der Waals surface area contributed by atoms with Gasteiger partial charge in [0.25, 0.3) is 0 Å². The van der Waals surface area contributed by atoms with Gasteiger partial charge < -0.3 is 5.11 Å². The van der Waals surface area contributed by atoms with Crippen LogP contribution in [0.1, 0.15) is 22.8 Å². The molecule has 1 aromatic rings. The average molecular weight is 322 g/mol. The average Bonchev–Trinajstić information content (AvgIpc) is 2.20. The van der Waals surface area contributed by atoms with Crippen LogP contribution >= 0.6 is 31.9 Å². The molecule has 4 heteroatoms. The van der Waals surface area contributed by atoms with Crippen molar-refractivity contribution in [1.29, 1.82) is 0 Å². The van der Waals surface area contributed by atoms with Crippen LogP contribution in [0.3, 0.4) is 0 Å². The molecule has 0 saturated carbocycles. The number of alkyl halides is 1. The van der Waals surface area contributed by atoms with Crippen LogP contribution in [0, 0.1) is 0 Å². The van der Waals surface area contributed by atoms with Crippen LogP contribution < -0.4 is 0 Å². The van der Waals surface area contributed by atoms with Gasteiger partial charge in [0.1, 0.15) is 5.75 Å². The first-order valence-corrected chi connectivity index (χ1v) is 6.12. The molecule has 0 aliphatic rings. The second-order valence-corrected chi connectivity index (χ2v) is 4.30. The maximum absolute atomic E-state index is 11.4. The van der Waals surface area contributed by atoms with E-state index in [2.05, 4.69) is 31.9 Å². The maximum atomic E-state index is 11.4. The zero-order chi connectivity index (χ0) is 10.7. The van der Waals surface area contributed by atoms with E-state index in [-0.39, 0.29) is 16.9 Å². The van der Waals surface area contributed by atoms with E-state index >= 15 is 0 Å². The molecule has 0 aromatic heterocycles. The number of phenolic OH excluding ortho intramolecular Hbond substituents is 1. The van der Waals surface area contributed by atoms with Gasteiger partial charge in [-0.15, -0.1) is 0 Å². The van der Waals surface area contributed by atoms with Crippen molar-refractivity contribution in [3.63, 3.8) is 0 Å². The lowest BCUT2D eigenvalue weighted by atomic mass is 10.1. The second kappa shape index (κ2) is 4.94. The molecular formula is C10H10Br2O2. The van der Waals surface area contributed by atoms with Crippen molar-refractivity contribution in [2.45, 2.75) is 13.3 Å². The molecule has 14 heavy (non-hydrogen) atoms. The molecule has 0 bridgehead atoms. The van der Waals surface area contributed by atoms with E-state index in [1.165, 1.54) is 0 Å². The van der Waals surface area contributed by atoms with Crippen LogP contribution in [-0.4, -0.2) is 16.2 Å². The van der Waals surface area contributed by atoms with E-state index in [4.69, 9.17) is 0 Å². The molecule has 0 unspecified atom stereocenters.